The van der Waals surface area contributed by atoms with Gasteiger partial charge in [-0.05, 0) is 36.2 Å². The van der Waals surface area contributed by atoms with Gasteiger partial charge in [0, 0.05) is 24.5 Å². The molecular weight excluding hydrogens is 300 g/mol. The van der Waals surface area contributed by atoms with Crippen LogP contribution in [0.3, 0.4) is 0 Å². The molecule has 0 N–H and O–H groups in total. The number of benzene rings is 2. The average molecular weight is 320 g/mol. The standard InChI is InChI=1S/C20H20N2O2/c1-24-17-7-8-18-16(13-17)11-12-21(18)19-9-10-20(23)22(19)14-15-5-3-2-4-6-15/h2-8,11-13,19H,9-10,14H2,1H3/t19-/m0/s1. The van der Waals surface area contributed by atoms with Crippen LogP contribution in [0.5, 0.6) is 5.75 Å². The van der Waals surface area contributed by atoms with Crippen LogP contribution in [0.25, 0.3) is 10.9 Å². The summed E-state index contributed by atoms with van der Waals surface area (Å²) in [6.45, 7) is 0.653. The lowest BCUT2D eigenvalue weighted by atomic mass is 10.2. The van der Waals surface area contributed by atoms with E-state index in [1.807, 2.05) is 35.2 Å². The Morgan fingerprint density at radius 3 is 2.75 bits per heavy atom. The monoisotopic (exact) mass is 320 g/mol. The van der Waals surface area contributed by atoms with Crippen molar-refractivity contribution in [2.45, 2.75) is 25.6 Å². The molecule has 0 aliphatic carbocycles. The van der Waals surface area contributed by atoms with Gasteiger partial charge in [-0.1, -0.05) is 30.3 Å². The first kappa shape index (κ1) is 14.8. The zero-order valence-corrected chi connectivity index (χ0v) is 13.7. The molecule has 0 spiro atoms. The van der Waals surface area contributed by atoms with Gasteiger partial charge in [-0.3, -0.25) is 4.79 Å². The van der Waals surface area contributed by atoms with E-state index in [1.165, 1.54) is 0 Å². The van der Waals surface area contributed by atoms with Crippen LogP contribution in [0.2, 0.25) is 0 Å². The predicted molar refractivity (Wildman–Crippen MR) is 93.8 cm³/mol. The Hall–Kier alpha value is -2.75. The molecule has 4 rings (SSSR count). The normalized spacial score (nSPS) is 17.6. The highest BCUT2D eigenvalue weighted by Gasteiger charge is 2.32. The van der Waals surface area contributed by atoms with Crippen molar-refractivity contribution in [3.63, 3.8) is 0 Å². The summed E-state index contributed by atoms with van der Waals surface area (Å²) in [5, 5.41) is 1.13. The van der Waals surface area contributed by atoms with Crippen molar-refractivity contribution in [3.05, 3.63) is 66.4 Å². The molecule has 1 aliphatic heterocycles. The minimum atomic E-state index is 0.0728. The number of hydrogen-bond acceptors (Lipinski definition) is 2. The quantitative estimate of drug-likeness (QED) is 0.729. The molecule has 4 nitrogen and oxygen atoms in total. The molecule has 0 bridgehead atoms. The topological polar surface area (TPSA) is 34.5 Å². The van der Waals surface area contributed by atoms with Crippen LogP contribution in [-0.4, -0.2) is 22.5 Å². The highest BCUT2D eigenvalue weighted by molar-refractivity contribution is 5.83. The van der Waals surface area contributed by atoms with Gasteiger partial charge in [-0.25, -0.2) is 0 Å². The van der Waals surface area contributed by atoms with Crippen molar-refractivity contribution in [2.75, 3.05) is 7.11 Å². The summed E-state index contributed by atoms with van der Waals surface area (Å²) in [5.41, 5.74) is 2.30. The summed E-state index contributed by atoms with van der Waals surface area (Å²) >= 11 is 0. The highest BCUT2D eigenvalue weighted by Crippen LogP contribution is 2.33. The number of aromatic nitrogens is 1. The molecule has 1 fully saturated rings. The summed E-state index contributed by atoms with van der Waals surface area (Å²) in [5.74, 6) is 1.07. The van der Waals surface area contributed by atoms with Crippen molar-refractivity contribution < 1.29 is 9.53 Å². The number of amides is 1. The number of fused-ring (bicyclic) bond motifs is 1. The summed E-state index contributed by atoms with van der Waals surface area (Å²) in [7, 11) is 1.68. The zero-order valence-electron chi connectivity index (χ0n) is 13.7. The smallest absolute Gasteiger partial charge is 0.224 e. The molecule has 1 atom stereocenters. The van der Waals surface area contributed by atoms with Gasteiger partial charge in [-0.2, -0.15) is 0 Å². The lowest BCUT2D eigenvalue weighted by Crippen LogP contribution is -2.30. The van der Waals surface area contributed by atoms with Crippen molar-refractivity contribution >= 4 is 16.8 Å². The van der Waals surface area contributed by atoms with Crippen molar-refractivity contribution in [1.29, 1.82) is 0 Å². The maximum atomic E-state index is 12.4. The maximum absolute atomic E-state index is 12.4. The molecule has 0 unspecified atom stereocenters. The molecule has 1 aromatic heterocycles. The first-order chi connectivity index (χ1) is 11.8. The van der Waals surface area contributed by atoms with E-state index >= 15 is 0 Å². The number of methoxy groups -OCH3 is 1. The number of carbonyl (C=O) groups is 1. The van der Waals surface area contributed by atoms with E-state index in [-0.39, 0.29) is 12.1 Å². The van der Waals surface area contributed by atoms with Gasteiger partial charge in [0.05, 0.1) is 12.6 Å². The number of ether oxygens (including phenoxy) is 1. The van der Waals surface area contributed by atoms with Crippen LogP contribution >= 0.6 is 0 Å². The second-order valence-electron chi connectivity index (χ2n) is 6.17. The van der Waals surface area contributed by atoms with Crippen molar-refractivity contribution in [2.24, 2.45) is 0 Å². The Morgan fingerprint density at radius 1 is 1.12 bits per heavy atom. The van der Waals surface area contributed by atoms with Crippen LogP contribution in [0, 0.1) is 0 Å². The summed E-state index contributed by atoms with van der Waals surface area (Å²) in [6.07, 6.45) is 3.60. The Balaban J connectivity index is 1.68. The van der Waals surface area contributed by atoms with Gasteiger partial charge < -0.3 is 14.2 Å². The fraction of sp³-hybridized carbons (Fsp3) is 0.250. The summed E-state index contributed by atoms with van der Waals surface area (Å²) < 4.78 is 7.51. The Labute approximate surface area is 141 Å². The first-order valence-electron chi connectivity index (χ1n) is 8.24. The molecule has 0 radical (unpaired) electrons. The molecule has 4 heteroatoms. The van der Waals surface area contributed by atoms with Crippen LogP contribution in [0.15, 0.2) is 60.8 Å². The third-order valence-electron chi connectivity index (χ3n) is 4.74. The van der Waals surface area contributed by atoms with E-state index in [9.17, 15) is 4.79 Å². The highest BCUT2D eigenvalue weighted by atomic mass is 16.5. The Morgan fingerprint density at radius 2 is 1.96 bits per heavy atom. The van der Waals surface area contributed by atoms with Gasteiger partial charge in [0.15, 0.2) is 0 Å². The van der Waals surface area contributed by atoms with Gasteiger partial charge >= 0.3 is 0 Å². The zero-order chi connectivity index (χ0) is 16.5. The molecule has 3 aromatic rings. The maximum Gasteiger partial charge on any atom is 0.224 e. The van der Waals surface area contributed by atoms with E-state index < -0.39 is 0 Å². The number of rotatable bonds is 4. The SMILES string of the molecule is COc1ccc2c(ccn2[C@@H]2CCC(=O)N2Cc2ccccc2)c1. The predicted octanol–water partition coefficient (Wildman–Crippen LogP) is 3.97. The van der Waals surface area contributed by atoms with Crippen LogP contribution in [0.4, 0.5) is 0 Å². The second-order valence-corrected chi connectivity index (χ2v) is 6.17. The van der Waals surface area contributed by atoms with Crippen LogP contribution in [-0.2, 0) is 11.3 Å². The molecular formula is C20H20N2O2. The first-order valence-corrected chi connectivity index (χ1v) is 8.24. The van der Waals surface area contributed by atoms with Gasteiger partial charge in [0.2, 0.25) is 5.91 Å². The van der Waals surface area contributed by atoms with Crippen LogP contribution < -0.4 is 4.74 Å². The van der Waals surface area contributed by atoms with E-state index in [2.05, 4.69) is 35.0 Å². The van der Waals surface area contributed by atoms with Gasteiger partial charge in [0.1, 0.15) is 11.9 Å². The molecule has 2 aromatic carbocycles. The van der Waals surface area contributed by atoms with Gasteiger partial charge in [-0.15, -0.1) is 0 Å². The second kappa shape index (κ2) is 6.04. The molecule has 1 amide bonds. The number of carbonyl (C=O) groups excluding carboxylic acids is 1. The molecule has 1 saturated heterocycles. The van der Waals surface area contributed by atoms with Crippen LogP contribution in [0.1, 0.15) is 24.6 Å². The fourth-order valence-electron chi connectivity index (χ4n) is 3.51. The third kappa shape index (κ3) is 2.54. The Bertz CT molecular complexity index is 870. The van der Waals surface area contributed by atoms with E-state index in [0.29, 0.717) is 13.0 Å². The molecule has 24 heavy (non-hydrogen) atoms. The number of likely N-dealkylation sites (tertiary alicyclic amines) is 1. The Kier molecular flexibility index (Phi) is 3.73. The van der Waals surface area contributed by atoms with E-state index in [4.69, 9.17) is 4.74 Å². The molecule has 2 heterocycles. The average Bonchev–Trinajstić information content (AvgIpc) is 3.19. The lowest BCUT2D eigenvalue weighted by Gasteiger charge is -2.27. The minimum Gasteiger partial charge on any atom is -0.497 e. The largest absolute Gasteiger partial charge is 0.497 e. The van der Waals surface area contributed by atoms with Crippen molar-refractivity contribution in [3.8, 4) is 5.75 Å². The third-order valence-corrected chi connectivity index (χ3v) is 4.74. The molecule has 0 saturated carbocycles. The molecule has 1 aliphatic rings. The number of nitrogens with zero attached hydrogens (tertiary/aromatic N) is 2. The summed E-state index contributed by atoms with van der Waals surface area (Å²) in [6, 6.07) is 18.3. The summed E-state index contributed by atoms with van der Waals surface area (Å²) in [4.78, 5) is 14.4. The minimum absolute atomic E-state index is 0.0728. The van der Waals surface area contributed by atoms with E-state index in [0.717, 1.165) is 28.6 Å². The van der Waals surface area contributed by atoms with E-state index in [1.54, 1.807) is 7.11 Å². The van der Waals surface area contributed by atoms with Crippen molar-refractivity contribution in [1.82, 2.24) is 9.47 Å². The fourth-order valence-corrected chi connectivity index (χ4v) is 3.51. The van der Waals surface area contributed by atoms with Gasteiger partial charge in [0.25, 0.3) is 0 Å². The number of hydrogen-bond donors (Lipinski definition) is 0. The molecule has 122 valence electrons. The lowest BCUT2D eigenvalue weighted by molar-refractivity contribution is -0.130.